The van der Waals surface area contributed by atoms with E-state index in [1.807, 2.05) is 0 Å². The Balaban J connectivity index is 2.20. The lowest BCUT2D eigenvalue weighted by atomic mass is 10.1. The van der Waals surface area contributed by atoms with Gasteiger partial charge in [0.2, 0.25) is 5.91 Å². The van der Waals surface area contributed by atoms with E-state index in [4.69, 9.17) is 5.11 Å². The first-order valence-corrected chi connectivity index (χ1v) is 6.38. The van der Waals surface area contributed by atoms with Crippen LogP contribution >= 0.6 is 0 Å². The average Bonchev–Trinajstić information content (AvgIpc) is 2.45. The molecule has 0 heterocycles. The van der Waals surface area contributed by atoms with Crippen LogP contribution in [0.4, 0.5) is 10.1 Å². The van der Waals surface area contributed by atoms with Crippen LogP contribution in [0.25, 0.3) is 0 Å². The maximum Gasteiger partial charge on any atom is 0.323 e. The number of hydrogen-bond acceptors (Lipinski definition) is 2. The van der Waals surface area contributed by atoms with Crippen molar-refractivity contribution in [2.75, 3.05) is 11.4 Å². The molecule has 2 rings (SSSR count). The molecule has 0 bridgehead atoms. The summed E-state index contributed by atoms with van der Waals surface area (Å²) in [6.07, 6.45) is -0.0556. The molecule has 21 heavy (non-hydrogen) atoms. The fourth-order valence-corrected chi connectivity index (χ4v) is 1.98. The molecule has 2 aromatic rings. The molecule has 0 saturated carbocycles. The molecule has 0 aromatic heterocycles. The molecule has 0 atom stereocenters. The van der Waals surface area contributed by atoms with Gasteiger partial charge in [-0.15, -0.1) is 0 Å². The number of anilines is 1. The number of carboxylic acids is 1. The van der Waals surface area contributed by atoms with Crippen molar-refractivity contribution in [1.29, 1.82) is 0 Å². The minimum atomic E-state index is -1.11. The van der Waals surface area contributed by atoms with Gasteiger partial charge in [0.05, 0.1) is 6.42 Å². The maximum absolute atomic E-state index is 13.1. The van der Waals surface area contributed by atoms with Crippen LogP contribution in [0.2, 0.25) is 0 Å². The lowest BCUT2D eigenvalue weighted by Gasteiger charge is -2.21. The van der Waals surface area contributed by atoms with Crippen molar-refractivity contribution in [3.05, 3.63) is 66.0 Å². The highest BCUT2D eigenvalue weighted by molar-refractivity contribution is 5.98. The number of hydrogen-bond donors (Lipinski definition) is 1. The number of amides is 1. The number of carbonyl (C=O) groups excluding carboxylic acids is 1. The number of rotatable bonds is 5. The van der Waals surface area contributed by atoms with Gasteiger partial charge in [-0.2, -0.15) is 0 Å². The molecule has 108 valence electrons. The van der Waals surface area contributed by atoms with E-state index in [0.717, 1.165) is 0 Å². The molecule has 2 aromatic carbocycles. The van der Waals surface area contributed by atoms with Gasteiger partial charge in [0, 0.05) is 5.69 Å². The van der Waals surface area contributed by atoms with Crippen molar-refractivity contribution >= 4 is 17.6 Å². The van der Waals surface area contributed by atoms with E-state index in [2.05, 4.69) is 0 Å². The van der Waals surface area contributed by atoms with Gasteiger partial charge in [0.1, 0.15) is 12.4 Å². The van der Waals surface area contributed by atoms with Crippen molar-refractivity contribution in [3.63, 3.8) is 0 Å². The predicted molar refractivity (Wildman–Crippen MR) is 76.5 cm³/mol. The van der Waals surface area contributed by atoms with Crippen molar-refractivity contribution in [2.45, 2.75) is 6.42 Å². The number of carboxylic acid groups (broad SMARTS) is 1. The average molecular weight is 287 g/mol. The second-order valence-corrected chi connectivity index (χ2v) is 4.52. The summed E-state index contributed by atoms with van der Waals surface area (Å²) in [5.74, 6) is -1.93. The summed E-state index contributed by atoms with van der Waals surface area (Å²) in [6, 6.07) is 14.2. The van der Waals surface area contributed by atoms with E-state index in [9.17, 15) is 14.0 Å². The molecule has 0 aliphatic carbocycles. The van der Waals surface area contributed by atoms with Crippen LogP contribution in [0.3, 0.4) is 0 Å². The number of halogens is 1. The number of carbonyl (C=O) groups is 2. The second kappa shape index (κ2) is 6.65. The molecule has 1 amide bonds. The predicted octanol–water partition coefficient (Wildman–Crippen LogP) is 2.49. The lowest BCUT2D eigenvalue weighted by Crippen LogP contribution is -2.36. The van der Waals surface area contributed by atoms with Gasteiger partial charge < -0.3 is 10.0 Å². The van der Waals surface area contributed by atoms with E-state index in [1.54, 1.807) is 36.4 Å². The summed E-state index contributed by atoms with van der Waals surface area (Å²) in [5, 5.41) is 8.95. The van der Waals surface area contributed by atoms with E-state index >= 15 is 0 Å². The molecule has 0 saturated heterocycles. The van der Waals surface area contributed by atoms with Crippen LogP contribution in [0.15, 0.2) is 54.6 Å². The Morgan fingerprint density at radius 2 is 1.76 bits per heavy atom. The number of benzene rings is 2. The molecule has 0 aliphatic heterocycles. The third-order valence-electron chi connectivity index (χ3n) is 2.91. The van der Waals surface area contributed by atoms with Gasteiger partial charge in [-0.3, -0.25) is 9.59 Å². The zero-order valence-electron chi connectivity index (χ0n) is 11.2. The van der Waals surface area contributed by atoms with E-state index in [-0.39, 0.29) is 6.42 Å². The molecule has 0 radical (unpaired) electrons. The van der Waals surface area contributed by atoms with Gasteiger partial charge in [-0.25, -0.2) is 4.39 Å². The molecule has 5 heteroatoms. The zero-order valence-corrected chi connectivity index (χ0v) is 11.2. The molecule has 0 unspecified atom stereocenters. The minimum absolute atomic E-state index is 0.0556. The Bertz CT molecular complexity index is 643. The Morgan fingerprint density at radius 3 is 2.38 bits per heavy atom. The monoisotopic (exact) mass is 287 g/mol. The topological polar surface area (TPSA) is 57.6 Å². The van der Waals surface area contributed by atoms with Crippen LogP contribution in [0, 0.1) is 5.82 Å². The van der Waals surface area contributed by atoms with Crippen molar-refractivity contribution in [1.82, 2.24) is 0 Å². The SMILES string of the molecule is O=C(O)CN(C(=O)Cc1cccc(F)c1)c1ccccc1. The highest BCUT2D eigenvalue weighted by atomic mass is 19.1. The first kappa shape index (κ1) is 14.7. The summed E-state index contributed by atoms with van der Waals surface area (Å²) in [5.41, 5.74) is 1.01. The summed E-state index contributed by atoms with van der Waals surface area (Å²) < 4.78 is 13.1. The van der Waals surface area contributed by atoms with Crippen LogP contribution in [0.5, 0.6) is 0 Å². The molecular weight excluding hydrogens is 273 g/mol. The molecule has 4 nitrogen and oxygen atoms in total. The van der Waals surface area contributed by atoms with Crippen molar-refractivity contribution in [2.24, 2.45) is 0 Å². The Labute approximate surface area is 121 Å². The Morgan fingerprint density at radius 1 is 1.05 bits per heavy atom. The van der Waals surface area contributed by atoms with E-state index in [0.29, 0.717) is 11.3 Å². The summed E-state index contributed by atoms with van der Waals surface area (Å²) in [7, 11) is 0. The third kappa shape index (κ3) is 4.14. The smallest absolute Gasteiger partial charge is 0.323 e. The van der Waals surface area contributed by atoms with E-state index < -0.39 is 24.2 Å². The van der Waals surface area contributed by atoms with Crippen molar-refractivity contribution in [3.8, 4) is 0 Å². The second-order valence-electron chi connectivity index (χ2n) is 4.52. The minimum Gasteiger partial charge on any atom is -0.480 e. The van der Waals surface area contributed by atoms with Gasteiger partial charge in [0.25, 0.3) is 0 Å². The lowest BCUT2D eigenvalue weighted by molar-refractivity contribution is -0.136. The highest BCUT2D eigenvalue weighted by Crippen LogP contribution is 2.15. The first-order valence-electron chi connectivity index (χ1n) is 6.38. The highest BCUT2D eigenvalue weighted by Gasteiger charge is 2.19. The Hall–Kier alpha value is -2.69. The van der Waals surface area contributed by atoms with Gasteiger partial charge >= 0.3 is 5.97 Å². The summed E-state index contributed by atoms with van der Waals surface area (Å²) >= 11 is 0. The fraction of sp³-hybridized carbons (Fsp3) is 0.125. The summed E-state index contributed by atoms with van der Waals surface area (Å²) in [6.45, 7) is -0.432. The zero-order chi connectivity index (χ0) is 15.2. The quantitative estimate of drug-likeness (QED) is 0.919. The third-order valence-corrected chi connectivity index (χ3v) is 2.91. The molecule has 0 fully saturated rings. The Kier molecular flexibility index (Phi) is 4.66. The number of aliphatic carboxylic acids is 1. The largest absolute Gasteiger partial charge is 0.480 e. The van der Waals surface area contributed by atoms with Crippen LogP contribution < -0.4 is 4.90 Å². The van der Waals surface area contributed by atoms with Crippen LogP contribution in [-0.2, 0) is 16.0 Å². The number of para-hydroxylation sites is 1. The van der Waals surface area contributed by atoms with Gasteiger partial charge in [0.15, 0.2) is 0 Å². The molecule has 1 N–H and O–H groups in total. The normalized spacial score (nSPS) is 10.1. The van der Waals surface area contributed by atoms with Crippen molar-refractivity contribution < 1.29 is 19.1 Å². The molecule has 0 aliphatic rings. The maximum atomic E-state index is 13.1. The molecular formula is C16H14FNO3. The molecule has 0 spiro atoms. The standard InChI is InChI=1S/C16H14FNO3/c17-13-6-4-5-12(9-13)10-15(19)18(11-16(20)21)14-7-2-1-3-8-14/h1-9H,10-11H2,(H,20,21). The number of nitrogens with zero attached hydrogens (tertiary/aromatic N) is 1. The van der Waals surface area contributed by atoms with E-state index in [1.165, 1.54) is 23.1 Å². The van der Waals surface area contributed by atoms with Gasteiger partial charge in [-0.05, 0) is 29.8 Å². The first-order chi connectivity index (χ1) is 10.1. The summed E-state index contributed by atoms with van der Waals surface area (Å²) in [4.78, 5) is 24.4. The van der Waals surface area contributed by atoms with Crippen LogP contribution in [0.1, 0.15) is 5.56 Å². The van der Waals surface area contributed by atoms with Gasteiger partial charge in [-0.1, -0.05) is 30.3 Å². The fourth-order valence-electron chi connectivity index (χ4n) is 1.98. The van der Waals surface area contributed by atoms with Crippen LogP contribution in [-0.4, -0.2) is 23.5 Å².